The van der Waals surface area contributed by atoms with Crippen LogP contribution in [0.5, 0.6) is 0 Å². The van der Waals surface area contributed by atoms with E-state index in [0.29, 0.717) is 181 Å². The monoisotopic (exact) mass is 1870 g/mol. The molecule has 36 heteroatoms. The molecule has 0 aromatic heterocycles. The number of esters is 2. The van der Waals surface area contributed by atoms with E-state index in [1.54, 1.807) is 56.6 Å². The number of ketones is 3. The Morgan fingerprint density at radius 1 is 0.406 bits per heavy atom. The van der Waals surface area contributed by atoms with Gasteiger partial charge in [0, 0.05) is 159 Å². The highest BCUT2D eigenvalue weighted by Gasteiger charge is 2.45. The van der Waals surface area contributed by atoms with Crippen LogP contribution in [0.4, 0.5) is 4.79 Å². The summed E-state index contributed by atoms with van der Waals surface area (Å²) < 4.78 is 68.4. The standard InChI is InChI=1S/C92H164N4O30S2/c1-66-75(58-69(62-97)86(111)83(66)108)119-46-24-34-78(103)93-43-20-12-7-10-16-37-81(106)120-49-27-40-92(41-28-50-121-82(107)38-17-11-8-13-21-44-94-79(104)35-25-48-123-90-68(3)85(110)88(113)77(64-99)126-90,42-29-51-124-91(114)95-45-22-14-6-9-15-30-71(100)32-23-47-122-89-67(2)84(109)87(112)76(63-98)125-89)60-73(102)39-52-117-53-54-118-55-57-128-127-56-26-33-72(101)31-18-19-36-80(105)96-61-74(116-5)59-70(96)65-115-4/h66-70,74-77,83-90,97-99,108-113H,6-65H2,1-5H3,(H,93,103)(H,94,104)(H,95,114)/t66?,67?,68?,69?,70-,74+,75?,76?,77?,83?,84?,85?,86?,87?,88?,89?,90?,92?/m1/s1. The van der Waals surface area contributed by atoms with Gasteiger partial charge in [-0.1, -0.05) is 100 Å². The van der Waals surface area contributed by atoms with Crippen LogP contribution in [0.25, 0.3) is 0 Å². The molecule has 3 saturated heterocycles. The maximum absolute atomic E-state index is 14.2. The second-order valence-electron chi connectivity index (χ2n) is 35.2. The average molecular weight is 1870 g/mol. The number of methoxy groups -OCH3 is 2. The highest BCUT2D eigenvalue weighted by atomic mass is 33.1. The van der Waals surface area contributed by atoms with Gasteiger partial charge in [-0.05, 0) is 134 Å². The fraction of sp³-hybridized carbons (Fsp3) is 0.902. The number of ether oxygens (including phenoxy) is 12. The van der Waals surface area contributed by atoms with Crippen molar-refractivity contribution in [2.24, 2.45) is 29.1 Å². The Hall–Kier alpha value is -4.39. The minimum absolute atomic E-state index is 0.0107. The van der Waals surface area contributed by atoms with Crippen molar-refractivity contribution in [3.63, 3.8) is 0 Å². The van der Waals surface area contributed by atoms with Gasteiger partial charge in [0.05, 0.1) is 122 Å². The minimum atomic E-state index is -1.22. The van der Waals surface area contributed by atoms with Gasteiger partial charge in [-0.2, -0.15) is 0 Å². The predicted molar refractivity (Wildman–Crippen MR) is 481 cm³/mol. The fourth-order valence-corrected chi connectivity index (χ4v) is 18.6. The van der Waals surface area contributed by atoms with Gasteiger partial charge < -0.3 is 124 Å². The van der Waals surface area contributed by atoms with Crippen molar-refractivity contribution in [1.82, 2.24) is 20.9 Å². The number of carbonyl (C=O) groups excluding carboxylic acids is 9. The fourth-order valence-electron chi connectivity index (χ4n) is 16.7. The van der Waals surface area contributed by atoms with Gasteiger partial charge in [-0.25, -0.2) is 4.79 Å². The van der Waals surface area contributed by atoms with Crippen molar-refractivity contribution in [1.29, 1.82) is 0 Å². The smallest absolute Gasteiger partial charge is 0.407 e. The molecular weight excluding hydrogens is 1710 g/mol. The SMILES string of the molecule is COC[C@H]1C[C@H](OC)CN1C(=O)CCCCC(=O)CCCSSCCOCCOCCC(=O)CC(CCCOC(=O)CCCCCCCNC(=O)CCCOC1CC(CO)C(O)C(O)C1C)(CCCOC(=O)CCCCCCCNC(=O)CCCOC1OC(CO)C(O)C(O)C1C)CCCOC(=O)NCCCCCCCC(=O)CCCOC1OC(CO)C(O)C(O)C1C. The van der Waals surface area contributed by atoms with Crippen molar-refractivity contribution in [3.8, 4) is 0 Å². The lowest BCUT2D eigenvalue weighted by Gasteiger charge is -2.40. The lowest BCUT2D eigenvalue weighted by molar-refractivity contribution is -0.282. The number of likely N-dealkylation sites (tertiary alicyclic amines) is 1. The van der Waals surface area contributed by atoms with E-state index in [-0.39, 0.29) is 163 Å². The highest BCUT2D eigenvalue weighted by molar-refractivity contribution is 8.76. The number of hydrogen-bond donors (Lipinski definition) is 12. The van der Waals surface area contributed by atoms with Crippen LogP contribution in [0.15, 0.2) is 0 Å². The summed E-state index contributed by atoms with van der Waals surface area (Å²) >= 11 is 0. The maximum Gasteiger partial charge on any atom is 0.407 e. The van der Waals surface area contributed by atoms with Gasteiger partial charge in [0.2, 0.25) is 17.7 Å². The summed E-state index contributed by atoms with van der Waals surface area (Å²) in [4.78, 5) is 119. The Labute approximate surface area is 768 Å². The second kappa shape index (κ2) is 71.2. The first-order chi connectivity index (χ1) is 61.8. The largest absolute Gasteiger partial charge is 0.466 e. The van der Waals surface area contributed by atoms with E-state index in [1.165, 1.54) is 0 Å². The van der Waals surface area contributed by atoms with E-state index >= 15 is 0 Å². The zero-order valence-corrected chi connectivity index (χ0v) is 79.2. The van der Waals surface area contributed by atoms with Crippen molar-refractivity contribution < 1.29 is 146 Å². The van der Waals surface area contributed by atoms with Crippen LogP contribution in [0.2, 0.25) is 0 Å². The third kappa shape index (κ3) is 49.7. The first kappa shape index (κ1) is 116. The zero-order chi connectivity index (χ0) is 93.5. The van der Waals surface area contributed by atoms with Crippen molar-refractivity contribution in [2.45, 2.75) is 357 Å². The number of amides is 4. The van der Waals surface area contributed by atoms with Gasteiger partial charge in [-0.15, -0.1) is 0 Å². The van der Waals surface area contributed by atoms with E-state index < -0.39 is 104 Å². The van der Waals surface area contributed by atoms with E-state index in [0.717, 1.165) is 101 Å². The zero-order valence-electron chi connectivity index (χ0n) is 77.6. The Kier molecular flexibility index (Phi) is 64.5. The molecule has 1 saturated carbocycles. The molecule has 0 spiro atoms. The number of Topliss-reactive ketones (excluding diaryl/α,β-unsaturated/α-hetero) is 3. The normalized spacial score (nSPS) is 24.6. The number of aliphatic hydroxyl groups excluding tert-OH is 9. The number of nitrogens with one attached hydrogen (secondary N) is 3. The van der Waals surface area contributed by atoms with Crippen molar-refractivity contribution in [2.75, 3.05) is 144 Å². The highest BCUT2D eigenvalue weighted by Crippen LogP contribution is 2.40. The van der Waals surface area contributed by atoms with Crippen LogP contribution in [0, 0.1) is 29.1 Å². The minimum Gasteiger partial charge on any atom is -0.466 e. The summed E-state index contributed by atoms with van der Waals surface area (Å²) in [6.07, 6.45) is 11.3. The van der Waals surface area contributed by atoms with Crippen LogP contribution in [0.3, 0.4) is 0 Å². The molecule has 12 N–H and O–H groups in total. The lowest BCUT2D eigenvalue weighted by atomic mass is 9.71. The van der Waals surface area contributed by atoms with Crippen LogP contribution < -0.4 is 16.0 Å². The molecule has 1 aliphatic carbocycles. The average Bonchev–Trinajstić information content (AvgIpc) is 1.26. The van der Waals surface area contributed by atoms with Gasteiger partial charge in [-0.3, -0.25) is 38.4 Å². The van der Waals surface area contributed by atoms with Crippen molar-refractivity contribution >= 4 is 74.7 Å². The Morgan fingerprint density at radius 3 is 1.38 bits per heavy atom. The molecule has 4 amide bonds. The molecule has 0 bridgehead atoms. The van der Waals surface area contributed by atoms with Crippen LogP contribution >= 0.6 is 21.6 Å². The summed E-state index contributed by atoms with van der Waals surface area (Å²) in [5.74, 6) is -0.787. The molecule has 128 heavy (non-hydrogen) atoms. The molecule has 4 fully saturated rings. The number of aliphatic hydroxyl groups is 9. The summed E-state index contributed by atoms with van der Waals surface area (Å²) in [6.45, 7) is 8.71. The van der Waals surface area contributed by atoms with E-state index in [9.17, 15) is 89.1 Å². The third-order valence-corrected chi connectivity index (χ3v) is 27.2. The first-order valence-electron chi connectivity index (χ1n) is 47.9. The summed E-state index contributed by atoms with van der Waals surface area (Å²) in [6, 6.07) is 0.0117. The number of hydrogen-bond acceptors (Lipinski definition) is 32. The maximum atomic E-state index is 14.2. The Morgan fingerprint density at radius 2 is 0.852 bits per heavy atom. The molecule has 0 aromatic rings. The molecule has 34 nitrogen and oxygen atoms in total. The van der Waals surface area contributed by atoms with E-state index in [2.05, 4.69) is 16.0 Å². The number of alkyl carbamates (subject to hydrolysis) is 1. The molecule has 16 unspecified atom stereocenters. The topological polar surface area (TPSA) is 486 Å². The number of rotatable bonds is 78. The quantitative estimate of drug-likeness (QED) is 0.0118. The number of carbonyl (C=O) groups is 9. The van der Waals surface area contributed by atoms with Gasteiger partial charge in [0.1, 0.15) is 41.8 Å². The van der Waals surface area contributed by atoms with Crippen LogP contribution in [-0.2, 0) is 95.2 Å². The van der Waals surface area contributed by atoms with E-state index in [4.69, 9.17) is 56.8 Å². The Balaban J connectivity index is 1.24. The van der Waals surface area contributed by atoms with Crippen LogP contribution in [0.1, 0.15) is 278 Å². The number of nitrogens with zero attached hydrogens (tertiary/aromatic N) is 1. The molecule has 0 radical (unpaired) electrons. The first-order valence-corrected chi connectivity index (χ1v) is 50.4. The number of unbranched alkanes of at least 4 members (excludes halogenated alkanes) is 13. The van der Waals surface area contributed by atoms with E-state index in [1.807, 2.05) is 4.90 Å². The molecule has 744 valence electrons. The molecule has 4 aliphatic rings. The van der Waals surface area contributed by atoms with Gasteiger partial charge in [0.25, 0.3) is 0 Å². The van der Waals surface area contributed by atoms with Crippen LogP contribution in [-0.4, -0.2) is 328 Å². The summed E-state index contributed by atoms with van der Waals surface area (Å²) in [5.41, 5.74) is -0.668. The predicted octanol–water partition coefficient (Wildman–Crippen LogP) is 8.16. The molecular formula is C92H164N4O30S2. The molecule has 4 rings (SSSR count). The molecule has 0 aromatic carbocycles. The molecule has 3 heterocycles. The molecule has 18 atom stereocenters. The third-order valence-electron chi connectivity index (χ3n) is 24.7. The summed E-state index contributed by atoms with van der Waals surface area (Å²) in [7, 11) is 6.66. The summed E-state index contributed by atoms with van der Waals surface area (Å²) in [5, 5.41) is 98.8. The van der Waals surface area contributed by atoms with Crippen molar-refractivity contribution in [3.05, 3.63) is 0 Å². The van der Waals surface area contributed by atoms with Gasteiger partial charge >= 0.3 is 18.0 Å². The second-order valence-corrected chi connectivity index (χ2v) is 37.9. The lowest BCUT2D eigenvalue weighted by Crippen LogP contribution is -2.55. The Bertz CT molecular complexity index is 2770. The molecule has 3 aliphatic heterocycles. The van der Waals surface area contributed by atoms with Gasteiger partial charge in [0.15, 0.2) is 12.6 Å².